The van der Waals surface area contributed by atoms with Crippen molar-refractivity contribution in [3.63, 3.8) is 0 Å². The van der Waals surface area contributed by atoms with E-state index in [1.807, 2.05) is 7.05 Å². The zero-order valence-electron chi connectivity index (χ0n) is 11.1. The van der Waals surface area contributed by atoms with Crippen molar-refractivity contribution in [1.29, 1.82) is 0 Å². The zero-order chi connectivity index (χ0) is 12.4. The summed E-state index contributed by atoms with van der Waals surface area (Å²) in [7, 11) is 1.85. The summed E-state index contributed by atoms with van der Waals surface area (Å²) in [5.74, 6) is 0.151. The quantitative estimate of drug-likeness (QED) is 0.804. The maximum Gasteiger partial charge on any atom is 0.251 e. The minimum absolute atomic E-state index is 0.151. The lowest BCUT2D eigenvalue weighted by Crippen LogP contribution is -2.51. The van der Waals surface area contributed by atoms with Gasteiger partial charge in [0.25, 0.3) is 5.91 Å². The third-order valence-corrected chi connectivity index (χ3v) is 3.99. The topological polar surface area (TPSA) is 41.6 Å². The lowest BCUT2D eigenvalue weighted by molar-refractivity contribution is -0.141. The lowest BCUT2D eigenvalue weighted by atomic mass is 9.94. The molecule has 98 valence electrons. The number of piperidine rings is 1. The summed E-state index contributed by atoms with van der Waals surface area (Å²) in [4.78, 5) is 13.6. The maximum absolute atomic E-state index is 11.8. The van der Waals surface area contributed by atoms with E-state index < -0.39 is 0 Å². The van der Waals surface area contributed by atoms with Crippen LogP contribution in [0.2, 0.25) is 0 Å². The van der Waals surface area contributed by atoms with Crippen LogP contribution in [0.5, 0.6) is 0 Å². The van der Waals surface area contributed by atoms with E-state index in [1.54, 1.807) is 4.90 Å². The number of amides is 1. The molecule has 0 bridgehead atoms. The molecular formula is C13H24N2O2. The molecule has 0 saturated carbocycles. The Morgan fingerprint density at radius 2 is 2.18 bits per heavy atom. The second-order valence-electron chi connectivity index (χ2n) is 5.37. The van der Waals surface area contributed by atoms with Gasteiger partial charge in [-0.1, -0.05) is 6.92 Å². The van der Waals surface area contributed by atoms with E-state index in [9.17, 15) is 4.79 Å². The number of likely N-dealkylation sites (tertiary alicyclic amines) is 1. The third-order valence-electron chi connectivity index (χ3n) is 3.99. The maximum atomic E-state index is 11.8. The van der Waals surface area contributed by atoms with Crippen molar-refractivity contribution in [1.82, 2.24) is 10.2 Å². The van der Waals surface area contributed by atoms with Crippen molar-refractivity contribution in [3.8, 4) is 0 Å². The van der Waals surface area contributed by atoms with Crippen LogP contribution in [0.1, 0.15) is 39.5 Å². The largest absolute Gasteiger partial charge is 0.363 e. The van der Waals surface area contributed by atoms with Gasteiger partial charge in [0, 0.05) is 32.1 Å². The molecule has 1 N–H and O–H groups in total. The Kier molecular flexibility index (Phi) is 4.05. The van der Waals surface area contributed by atoms with Crippen LogP contribution in [0.4, 0.5) is 0 Å². The predicted octanol–water partition coefficient (Wildman–Crippen LogP) is 1.15. The van der Waals surface area contributed by atoms with Crippen molar-refractivity contribution in [2.75, 3.05) is 13.6 Å². The monoisotopic (exact) mass is 240 g/mol. The summed E-state index contributed by atoms with van der Waals surface area (Å²) in [6.45, 7) is 5.22. The first-order valence-electron chi connectivity index (χ1n) is 6.78. The molecule has 2 saturated heterocycles. The van der Waals surface area contributed by atoms with Crippen LogP contribution in [-0.4, -0.2) is 48.7 Å². The van der Waals surface area contributed by atoms with E-state index in [0.29, 0.717) is 12.1 Å². The van der Waals surface area contributed by atoms with Crippen molar-refractivity contribution in [3.05, 3.63) is 0 Å². The molecule has 4 atom stereocenters. The van der Waals surface area contributed by atoms with Crippen molar-refractivity contribution in [2.45, 2.75) is 63.8 Å². The van der Waals surface area contributed by atoms with Crippen LogP contribution in [0.15, 0.2) is 0 Å². The number of likely N-dealkylation sites (N-methyl/N-ethyl adjacent to an activating group) is 1. The fraction of sp³-hybridized carbons (Fsp3) is 0.923. The highest BCUT2D eigenvalue weighted by Crippen LogP contribution is 2.23. The number of ether oxygens (including phenoxy) is 1. The Labute approximate surface area is 104 Å². The molecule has 0 spiro atoms. The van der Waals surface area contributed by atoms with E-state index in [-0.39, 0.29) is 18.1 Å². The van der Waals surface area contributed by atoms with Crippen molar-refractivity contribution in [2.24, 2.45) is 0 Å². The molecule has 1 amide bonds. The molecule has 0 aromatic carbocycles. The molecule has 17 heavy (non-hydrogen) atoms. The second-order valence-corrected chi connectivity index (χ2v) is 5.37. The van der Waals surface area contributed by atoms with Gasteiger partial charge in [0.05, 0.1) is 6.10 Å². The molecule has 0 aromatic heterocycles. The smallest absolute Gasteiger partial charge is 0.251 e. The fourth-order valence-electron chi connectivity index (χ4n) is 2.84. The summed E-state index contributed by atoms with van der Waals surface area (Å²) >= 11 is 0. The summed E-state index contributed by atoms with van der Waals surface area (Å²) in [6, 6.07) is 0.971. The molecule has 2 rings (SSSR count). The van der Waals surface area contributed by atoms with E-state index in [0.717, 1.165) is 32.2 Å². The minimum atomic E-state index is -0.200. The standard InChI is InChI=1S/C13H24N2O2/c1-4-10-11(6-5-9(2)14-10)17-12-7-8-15(3)13(12)16/h9-12,14H,4-8H2,1-3H3. The van der Waals surface area contributed by atoms with Gasteiger partial charge >= 0.3 is 0 Å². The number of nitrogens with zero attached hydrogens (tertiary/aromatic N) is 1. The number of nitrogens with one attached hydrogen (secondary N) is 1. The van der Waals surface area contributed by atoms with E-state index in [4.69, 9.17) is 4.74 Å². The molecule has 0 aliphatic carbocycles. The van der Waals surface area contributed by atoms with E-state index in [1.165, 1.54) is 0 Å². The molecule has 4 nitrogen and oxygen atoms in total. The zero-order valence-corrected chi connectivity index (χ0v) is 11.1. The van der Waals surface area contributed by atoms with Gasteiger partial charge in [0.2, 0.25) is 0 Å². The van der Waals surface area contributed by atoms with Gasteiger partial charge < -0.3 is 15.0 Å². The molecule has 2 aliphatic heterocycles. The third kappa shape index (κ3) is 2.80. The molecule has 4 heteroatoms. The Bertz CT molecular complexity index is 283. The van der Waals surface area contributed by atoms with Crippen LogP contribution >= 0.6 is 0 Å². The number of hydrogen-bond acceptors (Lipinski definition) is 3. The van der Waals surface area contributed by atoms with Crippen molar-refractivity contribution < 1.29 is 9.53 Å². The van der Waals surface area contributed by atoms with Crippen LogP contribution in [-0.2, 0) is 9.53 Å². The lowest BCUT2D eigenvalue weighted by Gasteiger charge is -2.36. The van der Waals surface area contributed by atoms with Gasteiger partial charge in [-0.3, -0.25) is 4.79 Å². The Hall–Kier alpha value is -0.610. The highest BCUT2D eigenvalue weighted by Gasteiger charge is 2.35. The molecule has 4 unspecified atom stereocenters. The van der Waals surface area contributed by atoms with Gasteiger partial charge in [-0.15, -0.1) is 0 Å². The summed E-state index contributed by atoms with van der Waals surface area (Å²) in [5.41, 5.74) is 0. The van der Waals surface area contributed by atoms with Gasteiger partial charge in [-0.05, 0) is 26.2 Å². The number of rotatable bonds is 3. The number of carbonyl (C=O) groups excluding carboxylic acids is 1. The van der Waals surface area contributed by atoms with Crippen molar-refractivity contribution >= 4 is 5.91 Å². The van der Waals surface area contributed by atoms with Gasteiger partial charge in [-0.2, -0.15) is 0 Å². The minimum Gasteiger partial charge on any atom is -0.363 e. The summed E-state index contributed by atoms with van der Waals surface area (Å²) in [6.07, 6.45) is 4.12. The molecular weight excluding hydrogens is 216 g/mol. The highest BCUT2D eigenvalue weighted by atomic mass is 16.5. The second kappa shape index (κ2) is 5.36. The van der Waals surface area contributed by atoms with Crippen LogP contribution in [0.3, 0.4) is 0 Å². The molecule has 2 heterocycles. The molecule has 0 radical (unpaired) electrons. The van der Waals surface area contributed by atoms with Crippen LogP contribution < -0.4 is 5.32 Å². The number of hydrogen-bond donors (Lipinski definition) is 1. The van der Waals surface area contributed by atoms with Gasteiger partial charge in [0.1, 0.15) is 6.10 Å². The van der Waals surface area contributed by atoms with E-state index in [2.05, 4.69) is 19.2 Å². The Morgan fingerprint density at radius 3 is 2.76 bits per heavy atom. The Balaban J connectivity index is 1.91. The summed E-state index contributed by atoms with van der Waals surface area (Å²) < 4.78 is 6.03. The first kappa shape index (κ1) is 12.8. The first-order chi connectivity index (χ1) is 8.11. The predicted molar refractivity (Wildman–Crippen MR) is 66.8 cm³/mol. The number of carbonyl (C=O) groups is 1. The average molecular weight is 240 g/mol. The molecule has 0 aromatic rings. The molecule has 2 aliphatic rings. The van der Waals surface area contributed by atoms with Crippen LogP contribution in [0.25, 0.3) is 0 Å². The SMILES string of the molecule is CCC1NC(C)CCC1OC1CCN(C)C1=O. The van der Waals surface area contributed by atoms with Gasteiger partial charge in [-0.25, -0.2) is 0 Å². The summed E-state index contributed by atoms with van der Waals surface area (Å²) in [5, 5.41) is 3.57. The average Bonchev–Trinajstić information content (AvgIpc) is 2.63. The Morgan fingerprint density at radius 1 is 1.41 bits per heavy atom. The fourth-order valence-corrected chi connectivity index (χ4v) is 2.84. The first-order valence-corrected chi connectivity index (χ1v) is 6.78. The van der Waals surface area contributed by atoms with Crippen LogP contribution in [0, 0.1) is 0 Å². The highest BCUT2D eigenvalue weighted by molar-refractivity contribution is 5.82. The van der Waals surface area contributed by atoms with Gasteiger partial charge in [0.15, 0.2) is 0 Å². The normalized spacial score (nSPS) is 38.8. The van der Waals surface area contributed by atoms with E-state index >= 15 is 0 Å². The molecule has 2 fully saturated rings.